The molecular weight excluding hydrogens is 567 g/mol. The van der Waals surface area contributed by atoms with E-state index >= 15 is 0 Å². The van der Waals surface area contributed by atoms with Crippen LogP contribution in [-0.4, -0.2) is 40.7 Å². The molecule has 1 unspecified atom stereocenters. The highest BCUT2D eigenvalue weighted by Crippen LogP contribution is 2.50. The number of para-hydroxylation sites is 1. The maximum atomic E-state index is 13.9. The average molecular weight is 601 g/mol. The Bertz CT molecular complexity index is 1700. The largest absolute Gasteiger partial charge is 0.454 e. The number of amides is 2. The van der Waals surface area contributed by atoms with Gasteiger partial charge >= 0.3 is 0 Å². The van der Waals surface area contributed by atoms with E-state index < -0.39 is 0 Å². The van der Waals surface area contributed by atoms with Gasteiger partial charge in [0.25, 0.3) is 0 Å². The third-order valence-corrected chi connectivity index (χ3v) is 8.80. The molecule has 0 saturated heterocycles. The third-order valence-electron chi connectivity index (χ3n) is 7.55. The lowest BCUT2D eigenvalue weighted by Gasteiger charge is -2.25. The van der Waals surface area contributed by atoms with Gasteiger partial charge in [0.2, 0.25) is 18.6 Å². The molecule has 0 radical (unpaired) electrons. The van der Waals surface area contributed by atoms with Crippen LogP contribution in [0.2, 0.25) is 0 Å². The van der Waals surface area contributed by atoms with E-state index in [1.54, 1.807) is 17.0 Å². The number of nitrogens with zero attached hydrogens (tertiary/aromatic N) is 3. The number of ether oxygens (including phenoxy) is 2. The van der Waals surface area contributed by atoms with Gasteiger partial charge in [-0.3, -0.25) is 14.5 Å². The first kappa shape index (κ1) is 28.8. The highest BCUT2D eigenvalue weighted by atomic mass is 32.2. The molecule has 1 atom stereocenters. The van der Waals surface area contributed by atoms with Crippen molar-refractivity contribution in [3.63, 3.8) is 0 Å². The average Bonchev–Trinajstić information content (AvgIpc) is 3.58. The van der Waals surface area contributed by atoms with Crippen molar-refractivity contribution in [2.24, 2.45) is 0 Å². The topological polar surface area (TPSA) is 85.7 Å². The zero-order chi connectivity index (χ0) is 30.3. The summed E-state index contributed by atoms with van der Waals surface area (Å²) in [5.41, 5.74) is 4.88. The van der Waals surface area contributed by atoms with Gasteiger partial charge in [-0.25, -0.2) is 9.07 Å². The monoisotopic (exact) mass is 600 g/mol. The summed E-state index contributed by atoms with van der Waals surface area (Å²) in [7, 11) is 0. The number of hydrogen-bond acceptors (Lipinski definition) is 6. The molecule has 1 N–H and O–H groups in total. The SMILES string of the molecule is Cc1ccccc1-n1nc(C(C)(C)C)c2c1N(CC(=O)NCc1ccc(F)cc1)C(=O)CSC2c1ccc2c(c1)OCO2. The van der Waals surface area contributed by atoms with Crippen LogP contribution in [0.25, 0.3) is 5.69 Å². The van der Waals surface area contributed by atoms with E-state index in [4.69, 9.17) is 14.6 Å². The molecule has 222 valence electrons. The molecule has 0 bridgehead atoms. The molecule has 0 saturated carbocycles. The standard InChI is InChI=1S/C33H33FN4O4S/c1-20-7-5-6-8-24(20)38-32-29(31(36-38)33(2,3)4)30(22-11-14-25-26(15-22)42-19-41-25)43-18-28(40)37(32)17-27(39)35-16-21-9-12-23(34)13-10-21/h5-15,30H,16-19H2,1-4H3,(H,35,39). The summed E-state index contributed by atoms with van der Waals surface area (Å²) in [5.74, 6) is 1.23. The molecular formula is C33H33FN4O4S. The molecule has 10 heteroatoms. The zero-order valence-electron chi connectivity index (χ0n) is 24.5. The van der Waals surface area contributed by atoms with Crippen LogP contribution in [0.4, 0.5) is 10.2 Å². The summed E-state index contributed by atoms with van der Waals surface area (Å²) in [5, 5.41) is 7.80. The molecule has 0 aliphatic carbocycles. The lowest BCUT2D eigenvalue weighted by Crippen LogP contribution is -2.42. The van der Waals surface area contributed by atoms with Gasteiger partial charge in [-0.2, -0.15) is 5.10 Å². The number of carbonyl (C=O) groups is 2. The van der Waals surface area contributed by atoms with Crippen molar-refractivity contribution in [2.75, 3.05) is 24.0 Å². The van der Waals surface area contributed by atoms with Crippen molar-refractivity contribution in [1.82, 2.24) is 15.1 Å². The van der Waals surface area contributed by atoms with Crippen molar-refractivity contribution >= 4 is 29.4 Å². The number of carbonyl (C=O) groups excluding carboxylic acids is 2. The summed E-state index contributed by atoms with van der Waals surface area (Å²) in [6.45, 7) is 8.50. The number of anilines is 1. The van der Waals surface area contributed by atoms with E-state index in [9.17, 15) is 14.0 Å². The van der Waals surface area contributed by atoms with Crippen molar-refractivity contribution in [3.05, 3.63) is 100 Å². The Kier molecular flexibility index (Phi) is 7.64. The normalized spacial score (nSPS) is 16.2. The molecule has 3 heterocycles. The Morgan fingerprint density at radius 2 is 1.81 bits per heavy atom. The van der Waals surface area contributed by atoms with Gasteiger partial charge in [-0.1, -0.05) is 57.2 Å². The summed E-state index contributed by atoms with van der Waals surface area (Å²) < 4.78 is 26.4. The first-order chi connectivity index (χ1) is 20.6. The Morgan fingerprint density at radius 1 is 1.07 bits per heavy atom. The first-order valence-electron chi connectivity index (χ1n) is 14.1. The predicted octanol–water partition coefficient (Wildman–Crippen LogP) is 5.83. The number of halogens is 1. The Labute approximate surface area is 254 Å². The van der Waals surface area contributed by atoms with Crippen molar-refractivity contribution < 1.29 is 23.5 Å². The van der Waals surface area contributed by atoms with Crippen LogP contribution in [0, 0.1) is 12.7 Å². The maximum Gasteiger partial charge on any atom is 0.240 e. The van der Waals surface area contributed by atoms with Gasteiger partial charge in [-0.15, -0.1) is 11.8 Å². The van der Waals surface area contributed by atoms with E-state index in [1.165, 1.54) is 23.9 Å². The second kappa shape index (κ2) is 11.4. The van der Waals surface area contributed by atoms with Gasteiger partial charge in [0.05, 0.1) is 22.4 Å². The third kappa shape index (κ3) is 5.71. The van der Waals surface area contributed by atoms with Gasteiger partial charge in [-0.05, 0) is 53.9 Å². The molecule has 1 aromatic heterocycles. The van der Waals surface area contributed by atoms with Crippen molar-refractivity contribution in [2.45, 2.75) is 44.9 Å². The maximum absolute atomic E-state index is 13.9. The van der Waals surface area contributed by atoms with Gasteiger partial charge in [0.15, 0.2) is 11.5 Å². The number of fused-ring (bicyclic) bond motifs is 2. The number of hydrogen-bond donors (Lipinski definition) is 1. The fraction of sp³-hybridized carbons (Fsp3) is 0.303. The van der Waals surface area contributed by atoms with Crippen LogP contribution in [-0.2, 0) is 21.5 Å². The quantitative estimate of drug-likeness (QED) is 0.300. The number of rotatable bonds is 6. The van der Waals surface area contributed by atoms with Crippen LogP contribution < -0.4 is 19.7 Å². The summed E-state index contributed by atoms with van der Waals surface area (Å²) in [6.07, 6.45) is 0. The second-order valence-corrected chi connectivity index (χ2v) is 12.8. The van der Waals surface area contributed by atoms with Gasteiger partial charge < -0.3 is 14.8 Å². The number of aromatic nitrogens is 2. The molecule has 2 aliphatic rings. The fourth-order valence-electron chi connectivity index (χ4n) is 5.38. The van der Waals surface area contributed by atoms with E-state index in [0.29, 0.717) is 17.3 Å². The highest BCUT2D eigenvalue weighted by molar-refractivity contribution is 8.00. The second-order valence-electron chi connectivity index (χ2n) is 11.7. The van der Waals surface area contributed by atoms with Crippen molar-refractivity contribution in [3.8, 4) is 17.2 Å². The number of benzene rings is 3. The van der Waals surface area contributed by atoms with Crippen LogP contribution in [0.1, 0.15) is 54.0 Å². The Morgan fingerprint density at radius 3 is 2.56 bits per heavy atom. The van der Waals surface area contributed by atoms with Crippen molar-refractivity contribution in [1.29, 1.82) is 0 Å². The molecule has 0 spiro atoms. The summed E-state index contributed by atoms with van der Waals surface area (Å²) in [6, 6.07) is 19.7. The minimum Gasteiger partial charge on any atom is -0.454 e. The molecule has 6 rings (SSSR count). The Hall–Kier alpha value is -4.31. The minimum absolute atomic E-state index is 0.163. The van der Waals surface area contributed by atoms with E-state index in [1.807, 2.05) is 54.1 Å². The predicted molar refractivity (Wildman–Crippen MR) is 164 cm³/mol. The van der Waals surface area contributed by atoms with Gasteiger partial charge in [0.1, 0.15) is 18.2 Å². The van der Waals surface area contributed by atoms with Crippen LogP contribution in [0.15, 0.2) is 66.7 Å². The molecule has 4 aromatic rings. The van der Waals surface area contributed by atoms with Crippen LogP contribution in [0.3, 0.4) is 0 Å². The Balaban J connectivity index is 1.47. The minimum atomic E-state index is -0.378. The molecule has 2 aliphatic heterocycles. The van der Waals surface area contributed by atoms with E-state index in [-0.39, 0.29) is 53.9 Å². The van der Waals surface area contributed by atoms with Crippen LogP contribution >= 0.6 is 11.8 Å². The first-order valence-corrected chi connectivity index (χ1v) is 15.2. The molecule has 3 aromatic carbocycles. The van der Waals surface area contributed by atoms with E-state index in [2.05, 4.69) is 26.1 Å². The summed E-state index contributed by atoms with van der Waals surface area (Å²) in [4.78, 5) is 28.8. The fourth-order valence-corrected chi connectivity index (χ4v) is 6.57. The lowest BCUT2D eigenvalue weighted by molar-refractivity contribution is -0.123. The zero-order valence-corrected chi connectivity index (χ0v) is 25.3. The number of aryl methyl sites for hydroxylation is 1. The van der Waals surface area contributed by atoms with Gasteiger partial charge in [0, 0.05) is 17.5 Å². The highest BCUT2D eigenvalue weighted by Gasteiger charge is 2.40. The molecule has 2 amide bonds. The molecule has 43 heavy (non-hydrogen) atoms. The molecule has 0 fully saturated rings. The smallest absolute Gasteiger partial charge is 0.240 e. The lowest BCUT2D eigenvalue weighted by atomic mass is 9.87. The summed E-state index contributed by atoms with van der Waals surface area (Å²) >= 11 is 1.51. The number of thioether (sulfide) groups is 1. The van der Waals surface area contributed by atoms with E-state index in [0.717, 1.165) is 33.6 Å². The van der Waals surface area contributed by atoms with Crippen LogP contribution in [0.5, 0.6) is 11.5 Å². The molecule has 8 nitrogen and oxygen atoms in total. The number of nitrogens with one attached hydrogen (secondary N) is 1.